The van der Waals surface area contributed by atoms with E-state index >= 15 is 0 Å². The van der Waals surface area contributed by atoms with Gasteiger partial charge in [0.1, 0.15) is 0 Å². The van der Waals surface area contributed by atoms with Crippen molar-refractivity contribution in [2.24, 2.45) is 0 Å². The van der Waals surface area contributed by atoms with E-state index in [-0.39, 0.29) is 0 Å². The SMILES string of the molecule is Cc1ccccc1C1CC(NCC(C)N2CCCC2)C1. The predicted molar refractivity (Wildman–Crippen MR) is 85.2 cm³/mol. The Morgan fingerprint density at radius 3 is 2.60 bits per heavy atom. The van der Waals surface area contributed by atoms with Gasteiger partial charge in [-0.1, -0.05) is 24.3 Å². The van der Waals surface area contributed by atoms with Crippen molar-refractivity contribution >= 4 is 0 Å². The number of nitrogens with zero attached hydrogens (tertiary/aromatic N) is 1. The molecule has 3 rings (SSSR count). The molecule has 110 valence electrons. The summed E-state index contributed by atoms with van der Waals surface area (Å²) in [5.41, 5.74) is 3.03. The molecule has 1 heterocycles. The van der Waals surface area contributed by atoms with Crippen LogP contribution in [0.25, 0.3) is 0 Å². The normalized spacial score (nSPS) is 28.3. The molecule has 2 nitrogen and oxygen atoms in total. The Morgan fingerprint density at radius 1 is 1.20 bits per heavy atom. The van der Waals surface area contributed by atoms with Gasteiger partial charge in [0.15, 0.2) is 0 Å². The van der Waals surface area contributed by atoms with Crippen molar-refractivity contribution in [3.8, 4) is 0 Å². The zero-order valence-corrected chi connectivity index (χ0v) is 12.9. The molecule has 0 radical (unpaired) electrons. The molecule has 1 aromatic rings. The van der Waals surface area contributed by atoms with E-state index in [0.29, 0.717) is 6.04 Å². The van der Waals surface area contributed by atoms with Crippen LogP contribution in [0, 0.1) is 6.92 Å². The van der Waals surface area contributed by atoms with E-state index < -0.39 is 0 Å². The molecule has 2 heteroatoms. The van der Waals surface area contributed by atoms with E-state index in [1.165, 1.54) is 44.3 Å². The van der Waals surface area contributed by atoms with Crippen LogP contribution in [0.5, 0.6) is 0 Å². The van der Waals surface area contributed by atoms with Gasteiger partial charge >= 0.3 is 0 Å². The van der Waals surface area contributed by atoms with Crippen LogP contribution in [-0.2, 0) is 0 Å². The summed E-state index contributed by atoms with van der Waals surface area (Å²) in [5, 5.41) is 3.77. The third-order valence-electron chi connectivity index (χ3n) is 5.23. The Balaban J connectivity index is 1.41. The fourth-order valence-corrected chi connectivity index (χ4v) is 3.73. The molecular formula is C18H28N2. The van der Waals surface area contributed by atoms with Crippen LogP contribution in [-0.4, -0.2) is 36.6 Å². The molecule has 20 heavy (non-hydrogen) atoms. The van der Waals surface area contributed by atoms with Gasteiger partial charge in [0, 0.05) is 18.6 Å². The van der Waals surface area contributed by atoms with Gasteiger partial charge < -0.3 is 5.32 Å². The molecule has 1 unspecified atom stereocenters. The molecule has 1 saturated carbocycles. The van der Waals surface area contributed by atoms with Crippen LogP contribution in [0.15, 0.2) is 24.3 Å². The summed E-state index contributed by atoms with van der Waals surface area (Å²) in [6.07, 6.45) is 5.42. The molecule has 1 aliphatic heterocycles. The van der Waals surface area contributed by atoms with Gasteiger partial charge in [0.05, 0.1) is 0 Å². The summed E-state index contributed by atoms with van der Waals surface area (Å²) in [6, 6.07) is 10.3. The number of aryl methyl sites for hydroxylation is 1. The molecule has 1 saturated heterocycles. The minimum atomic E-state index is 0.704. The number of rotatable bonds is 5. The first-order chi connectivity index (χ1) is 9.74. The molecule has 1 N–H and O–H groups in total. The molecule has 0 spiro atoms. The van der Waals surface area contributed by atoms with Crippen molar-refractivity contribution in [1.29, 1.82) is 0 Å². The van der Waals surface area contributed by atoms with Crippen molar-refractivity contribution in [3.63, 3.8) is 0 Å². The van der Waals surface area contributed by atoms with Crippen molar-refractivity contribution < 1.29 is 0 Å². The van der Waals surface area contributed by atoms with Crippen molar-refractivity contribution in [2.75, 3.05) is 19.6 Å². The fraction of sp³-hybridized carbons (Fsp3) is 0.667. The fourth-order valence-electron chi connectivity index (χ4n) is 3.73. The summed E-state index contributed by atoms with van der Waals surface area (Å²) < 4.78 is 0. The van der Waals surface area contributed by atoms with Gasteiger partial charge in [-0.2, -0.15) is 0 Å². The topological polar surface area (TPSA) is 15.3 Å². The number of benzene rings is 1. The molecule has 0 amide bonds. The highest BCUT2D eigenvalue weighted by Gasteiger charge is 2.31. The van der Waals surface area contributed by atoms with Crippen LogP contribution in [0.2, 0.25) is 0 Å². The molecule has 1 aliphatic carbocycles. The summed E-state index contributed by atoms with van der Waals surface area (Å²) in [6.45, 7) is 8.38. The van der Waals surface area contributed by atoms with E-state index in [1.807, 2.05) is 0 Å². The first-order valence-electron chi connectivity index (χ1n) is 8.27. The van der Waals surface area contributed by atoms with Crippen LogP contribution in [0.4, 0.5) is 0 Å². The highest BCUT2D eigenvalue weighted by Crippen LogP contribution is 2.38. The van der Waals surface area contributed by atoms with Gasteiger partial charge in [0.25, 0.3) is 0 Å². The lowest BCUT2D eigenvalue weighted by molar-refractivity contribution is 0.219. The van der Waals surface area contributed by atoms with Gasteiger partial charge in [-0.25, -0.2) is 0 Å². The Bertz CT molecular complexity index is 431. The Labute approximate surface area is 123 Å². The lowest BCUT2D eigenvalue weighted by Gasteiger charge is -2.38. The van der Waals surface area contributed by atoms with E-state index in [9.17, 15) is 0 Å². The van der Waals surface area contributed by atoms with Gasteiger partial charge in [0.2, 0.25) is 0 Å². The quantitative estimate of drug-likeness (QED) is 0.884. The summed E-state index contributed by atoms with van der Waals surface area (Å²) in [7, 11) is 0. The maximum absolute atomic E-state index is 3.77. The second kappa shape index (κ2) is 6.28. The minimum absolute atomic E-state index is 0.704. The third-order valence-corrected chi connectivity index (χ3v) is 5.23. The van der Waals surface area contributed by atoms with Crippen molar-refractivity contribution in [1.82, 2.24) is 10.2 Å². The van der Waals surface area contributed by atoms with Crippen LogP contribution >= 0.6 is 0 Å². The largest absolute Gasteiger partial charge is 0.312 e. The monoisotopic (exact) mass is 272 g/mol. The Hall–Kier alpha value is -0.860. The van der Waals surface area contributed by atoms with E-state index in [1.54, 1.807) is 5.56 Å². The standard InChI is InChI=1S/C18H28N2/c1-14-7-3-4-8-18(14)16-11-17(12-16)19-13-15(2)20-9-5-6-10-20/h3-4,7-8,15-17,19H,5-6,9-13H2,1-2H3. The highest BCUT2D eigenvalue weighted by molar-refractivity contribution is 5.31. The first-order valence-corrected chi connectivity index (χ1v) is 8.27. The van der Waals surface area contributed by atoms with Gasteiger partial charge in [-0.05, 0) is 69.7 Å². The number of nitrogens with one attached hydrogen (secondary N) is 1. The minimum Gasteiger partial charge on any atom is -0.312 e. The molecular weight excluding hydrogens is 244 g/mol. The number of likely N-dealkylation sites (tertiary alicyclic amines) is 1. The second-order valence-corrected chi connectivity index (χ2v) is 6.72. The van der Waals surface area contributed by atoms with Crippen molar-refractivity contribution in [3.05, 3.63) is 35.4 Å². The maximum atomic E-state index is 3.77. The molecule has 1 atom stereocenters. The van der Waals surface area contributed by atoms with E-state index in [4.69, 9.17) is 0 Å². The van der Waals surface area contributed by atoms with Gasteiger partial charge in [-0.15, -0.1) is 0 Å². The summed E-state index contributed by atoms with van der Waals surface area (Å²) >= 11 is 0. The van der Waals surface area contributed by atoms with Crippen LogP contribution < -0.4 is 5.32 Å². The van der Waals surface area contributed by atoms with E-state index in [2.05, 4.69) is 48.3 Å². The Kier molecular flexibility index (Phi) is 4.42. The van der Waals surface area contributed by atoms with Crippen molar-refractivity contribution in [2.45, 2.75) is 57.5 Å². The second-order valence-electron chi connectivity index (χ2n) is 6.72. The lowest BCUT2D eigenvalue weighted by Crippen LogP contribution is -2.46. The molecule has 2 fully saturated rings. The summed E-state index contributed by atoms with van der Waals surface area (Å²) in [4.78, 5) is 2.63. The smallest absolute Gasteiger partial charge is 0.0192 e. The third kappa shape index (κ3) is 3.07. The maximum Gasteiger partial charge on any atom is 0.0192 e. The Morgan fingerprint density at radius 2 is 1.90 bits per heavy atom. The number of hydrogen-bond donors (Lipinski definition) is 1. The lowest BCUT2D eigenvalue weighted by atomic mass is 9.74. The van der Waals surface area contributed by atoms with Crippen LogP contribution in [0.1, 0.15) is 49.7 Å². The van der Waals surface area contributed by atoms with E-state index in [0.717, 1.165) is 18.5 Å². The van der Waals surface area contributed by atoms with Crippen LogP contribution in [0.3, 0.4) is 0 Å². The molecule has 0 bridgehead atoms. The zero-order valence-electron chi connectivity index (χ0n) is 12.9. The molecule has 0 aromatic heterocycles. The average Bonchev–Trinajstić information content (AvgIpc) is 2.92. The van der Waals surface area contributed by atoms with Gasteiger partial charge in [-0.3, -0.25) is 4.90 Å². The predicted octanol–water partition coefficient (Wildman–Crippen LogP) is 3.31. The number of hydrogen-bond acceptors (Lipinski definition) is 2. The molecule has 1 aromatic carbocycles. The molecule has 2 aliphatic rings. The average molecular weight is 272 g/mol. The zero-order chi connectivity index (χ0) is 13.9. The first kappa shape index (κ1) is 14.1. The highest BCUT2D eigenvalue weighted by atomic mass is 15.2. The summed E-state index contributed by atoms with van der Waals surface area (Å²) in [5.74, 6) is 0.788.